The molecule has 0 saturated carbocycles. The minimum Gasteiger partial charge on any atom is -0.494 e. The first-order valence-electron chi connectivity index (χ1n) is 4.25. The van der Waals surface area contributed by atoms with Gasteiger partial charge in [-0.15, -0.1) is 5.92 Å². The Morgan fingerprint density at radius 2 is 2.29 bits per heavy atom. The highest BCUT2D eigenvalue weighted by molar-refractivity contribution is 5.49. The van der Waals surface area contributed by atoms with E-state index in [0.29, 0.717) is 6.54 Å². The summed E-state index contributed by atoms with van der Waals surface area (Å²) in [5.41, 5.74) is 0.797. The van der Waals surface area contributed by atoms with E-state index < -0.39 is 0 Å². The smallest absolute Gasteiger partial charge is 0.165 e. The fourth-order valence-corrected chi connectivity index (χ4v) is 1.00. The Labute approximate surface area is 83.1 Å². The molecule has 0 heterocycles. The quantitative estimate of drug-likeness (QED) is 0.743. The second-order valence-electron chi connectivity index (χ2n) is 2.63. The van der Waals surface area contributed by atoms with Gasteiger partial charge in [-0.05, 0) is 19.1 Å². The lowest BCUT2D eigenvalue weighted by atomic mass is 10.3. The van der Waals surface area contributed by atoms with Crippen molar-refractivity contribution in [2.75, 3.05) is 19.0 Å². The summed E-state index contributed by atoms with van der Waals surface area (Å²) < 4.78 is 17.8. The van der Waals surface area contributed by atoms with E-state index in [2.05, 4.69) is 17.2 Å². The minimum atomic E-state index is -0.361. The molecular weight excluding hydrogens is 181 g/mol. The Morgan fingerprint density at radius 1 is 1.50 bits per heavy atom. The van der Waals surface area contributed by atoms with Crippen LogP contribution in [0.15, 0.2) is 18.2 Å². The van der Waals surface area contributed by atoms with Gasteiger partial charge in [-0.25, -0.2) is 4.39 Å². The molecule has 0 spiro atoms. The minimum absolute atomic E-state index is 0.236. The fraction of sp³-hybridized carbons (Fsp3) is 0.273. The van der Waals surface area contributed by atoms with Gasteiger partial charge in [-0.3, -0.25) is 0 Å². The largest absolute Gasteiger partial charge is 0.494 e. The molecule has 1 aromatic rings. The van der Waals surface area contributed by atoms with Crippen LogP contribution < -0.4 is 10.1 Å². The van der Waals surface area contributed by atoms with Crippen molar-refractivity contribution in [3.63, 3.8) is 0 Å². The van der Waals surface area contributed by atoms with E-state index in [1.54, 1.807) is 19.1 Å². The zero-order valence-corrected chi connectivity index (χ0v) is 8.23. The number of ether oxygens (including phenoxy) is 1. The first-order chi connectivity index (χ1) is 6.77. The molecule has 0 aliphatic carbocycles. The number of nitrogens with one attached hydrogen (secondary N) is 1. The van der Waals surface area contributed by atoms with Crippen molar-refractivity contribution in [3.8, 4) is 17.6 Å². The topological polar surface area (TPSA) is 21.3 Å². The molecule has 0 saturated heterocycles. The Bertz CT molecular complexity index is 365. The van der Waals surface area contributed by atoms with Gasteiger partial charge in [-0.2, -0.15) is 0 Å². The van der Waals surface area contributed by atoms with Crippen LogP contribution in [0.1, 0.15) is 6.92 Å². The van der Waals surface area contributed by atoms with E-state index in [0.717, 1.165) is 5.69 Å². The second-order valence-corrected chi connectivity index (χ2v) is 2.63. The van der Waals surface area contributed by atoms with Crippen LogP contribution in [0.5, 0.6) is 5.75 Å². The number of benzene rings is 1. The van der Waals surface area contributed by atoms with E-state index in [4.69, 9.17) is 4.74 Å². The van der Waals surface area contributed by atoms with Gasteiger partial charge in [0.05, 0.1) is 13.7 Å². The first-order valence-corrected chi connectivity index (χ1v) is 4.25. The van der Waals surface area contributed by atoms with Crippen LogP contribution >= 0.6 is 0 Å². The second kappa shape index (κ2) is 5.13. The summed E-state index contributed by atoms with van der Waals surface area (Å²) in [6.45, 7) is 2.32. The molecule has 0 unspecified atom stereocenters. The van der Waals surface area contributed by atoms with Gasteiger partial charge in [0.1, 0.15) is 0 Å². The molecule has 1 rings (SSSR count). The summed E-state index contributed by atoms with van der Waals surface area (Å²) in [4.78, 5) is 0. The predicted octanol–water partition coefficient (Wildman–Crippen LogP) is 2.27. The highest BCUT2D eigenvalue weighted by Gasteiger charge is 2.01. The van der Waals surface area contributed by atoms with Crippen LogP contribution in [0.3, 0.4) is 0 Å². The van der Waals surface area contributed by atoms with Gasteiger partial charge in [-0.1, -0.05) is 5.92 Å². The summed E-state index contributed by atoms with van der Waals surface area (Å²) in [6.07, 6.45) is 0. The molecule has 0 aliphatic heterocycles. The Hall–Kier alpha value is -1.69. The zero-order valence-electron chi connectivity index (χ0n) is 8.23. The summed E-state index contributed by atoms with van der Waals surface area (Å²) in [7, 11) is 1.44. The van der Waals surface area contributed by atoms with Crippen molar-refractivity contribution in [3.05, 3.63) is 24.0 Å². The van der Waals surface area contributed by atoms with Crippen molar-refractivity contribution in [1.29, 1.82) is 0 Å². The number of halogens is 1. The van der Waals surface area contributed by atoms with Gasteiger partial charge in [0.2, 0.25) is 0 Å². The number of hydrogen-bond acceptors (Lipinski definition) is 2. The van der Waals surface area contributed by atoms with Gasteiger partial charge in [0.25, 0.3) is 0 Å². The average molecular weight is 193 g/mol. The highest BCUT2D eigenvalue weighted by Crippen LogP contribution is 2.20. The van der Waals surface area contributed by atoms with Crippen LogP contribution in [-0.4, -0.2) is 13.7 Å². The Balaban J connectivity index is 2.72. The summed E-state index contributed by atoms with van der Waals surface area (Å²) in [6, 6.07) is 4.61. The van der Waals surface area contributed by atoms with Crippen molar-refractivity contribution in [2.24, 2.45) is 0 Å². The Kier molecular flexibility index (Phi) is 3.81. The van der Waals surface area contributed by atoms with Gasteiger partial charge in [0, 0.05) is 11.8 Å². The number of hydrogen-bond donors (Lipinski definition) is 1. The van der Waals surface area contributed by atoms with Crippen molar-refractivity contribution in [2.45, 2.75) is 6.92 Å². The first kappa shape index (κ1) is 10.4. The van der Waals surface area contributed by atoms with E-state index in [-0.39, 0.29) is 11.6 Å². The fourth-order valence-electron chi connectivity index (χ4n) is 1.00. The van der Waals surface area contributed by atoms with E-state index in [9.17, 15) is 4.39 Å². The SMILES string of the molecule is CC#CCNc1ccc(F)c(OC)c1. The van der Waals surface area contributed by atoms with Crippen LogP contribution in [-0.2, 0) is 0 Å². The molecule has 14 heavy (non-hydrogen) atoms. The van der Waals surface area contributed by atoms with E-state index in [1.165, 1.54) is 13.2 Å². The maximum absolute atomic E-state index is 13.0. The van der Waals surface area contributed by atoms with Crippen LogP contribution in [0.4, 0.5) is 10.1 Å². The van der Waals surface area contributed by atoms with Crippen molar-refractivity contribution in [1.82, 2.24) is 0 Å². The Morgan fingerprint density at radius 3 is 2.93 bits per heavy atom. The molecule has 0 atom stereocenters. The molecule has 0 bridgehead atoms. The molecule has 74 valence electrons. The molecule has 0 radical (unpaired) electrons. The van der Waals surface area contributed by atoms with Crippen molar-refractivity contribution >= 4 is 5.69 Å². The summed E-state index contributed by atoms with van der Waals surface area (Å²) >= 11 is 0. The van der Waals surface area contributed by atoms with Gasteiger partial charge >= 0.3 is 0 Å². The third-order valence-electron chi connectivity index (χ3n) is 1.71. The molecule has 2 nitrogen and oxygen atoms in total. The summed E-state index contributed by atoms with van der Waals surface area (Å²) in [5.74, 6) is 5.49. The molecule has 1 aromatic carbocycles. The molecule has 0 aliphatic rings. The normalized spacial score (nSPS) is 8.79. The van der Waals surface area contributed by atoms with Crippen LogP contribution in [0.2, 0.25) is 0 Å². The highest BCUT2D eigenvalue weighted by atomic mass is 19.1. The lowest BCUT2D eigenvalue weighted by molar-refractivity contribution is 0.387. The molecular formula is C11H12FNO. The average Bonchev–Trinajstić information content (AvgIpc) is 2.21. The van der Waals surface area contributed by atoms with Crippen LogP contribution in [0, 0.1) is 17.7 Å². The molecule has 1 N–H and O–H groups in total. The monoisotopic (exact) mass is 193 g/mol. The molecule has 0 fully saturated rings. The lowest BCUT2D eigenvalue weighted by Crippen LogP contribution is -1.99. The van der Waals surface area contributed by atoms with Crippen molar-refractivity contribution < 1.29 is 9.13 Å². The van der Waals surface area contributed by atoms with Gasteiger partial charge < -0.3 is 10.1 Å². The number of methoxy groups -OCH3 is 1. The number of anilines is 1. The van der Waals surface area contributed by atoms with E-state index >= 15 is 0 Å². The van der Waals surface area contributed by atoms with Gasteiger partial charge in [0.15, 0.2) is 11.6 Å². The standard InChI is InChI=1S/C11H12FNO/c1-3-4-7-13-9-5-6-10(12)11(8-9)14-2/h5-6,8,13H,7H2,1-2H3. The third kappa shape index (κ3) is 2.67. The third-order valence-corrected chi connectivity index (χ3v) is 1.71. The lowest BCUT2D eigenvalue weighted by Gasteiger charge is -2.05. The van der Waals surface area contributed by atoms with E-state index in [1.807, 2.05) is 0 Å². The molecule has 3 heteroatoms. The predicted molar refractivity (Wildman–Crippen MR) is 54.9 cm³/mol. The maximum Gasteiger partial charge on any atom is 0.165 e. The summed E-state index contributed by atoms with van der Waals surface area (Å²) in [5, 5.41) is 3.03. The zero-order chi connectivity index (χ0) is 10.4. The molecule has 0 aromatic heterocycles. The number of rotatable bonds is 3. The maximum atomic E-state index is 13.0. The van der Waals surface area contributed by atoms with Crippen LogP contribution in [0.25, 0.3) is 0 Å². The molecule has 0 amide bonds.